The molecule has 1 N–H and O–H groups in total. The summed E-state index contributed by atoms with van der Waals surface area (Å²) < 4.78 is 5.67. The highest BCUT2D eigenvalue weighted by Crippen LogP contribution is 2.47. The molecule has 1 aromatic carbocycles. The third-order valence-electron chi connectivity index (χ3n) is 3.67. The lowest BCUT2D eigenvalue weighted by molar-refractivity contribution is -0.139. The van der Waals surface area contributed by atoms with Crippen LogP contribution in [0.1, 0.15) is 12.0 Å². The summed E-state index contributed by atoms with van der Waals surface area (Å²) in [5.74, 6) is 0.899. The Balaban J connectivity index is 1.72. The Morgan fingerprint density at radius 1 is 1.38 bits per heavy atom. The lowest BCUT2D eigenvalue weighted by Crippen LogP contribution is -2.23. The van der Waals surface area contributed by atoms with Gasteiger partial charge in [-0.3, -0.25) is 4.79 Å². The predicted molar refractivity (Wildman–Crippen MR) is 58.4 cm³/mol. The lowest BCUT2D eigenvalue weighted by Gasteiger charge is -2.25. The van der Waals surface area contributed by atoms with E-state index >= 15 is 0 Å². The van der Waals surface area contributed by atoms with Gasteiger partial charge >= 0.3 is 5.97 Å². The molecule has 1 aromatic rings. The molecule has 3 unspecified atom stereocenters. The summed E-state index contributed by atoms with van der Waals surface area (Å²) in [4.78, 5) is 10.8. The fourth-order valence-corrected chi connectivity index (χ4v) is 2.65. The van der Waals surface area contributed by atoms with E-state index in [4.69, 9.17) is 9.84 Å². The molecular formula is C13H14O3. The first kappa shape index (κ1) is 9.70. The molecule has 0 spiro atoms. The van der Waals surface area contributed by atoms with E-state index in [0.29, 0.717) is 18.4 Å². The summed E-state index contributed by atoms with van der Waals surface area (Å²) in [7, 11) is 0. The second kappa shape index (κ2) is 3.51. The number of carbonyl (C=O) groups is 1. The summed E-state index contributed by atoms with van der Waals surface area (Å²) in [5, 5.41) is 8.91. The van der Waals surface area contributed by atoms with Gasteiger partial charge in [0.2, 0.25) is 0 Å². The van der Waals surface area contributed by atoms with Crippen LogP contribution in [-0.2, 0) is 11.2 Å². The monoisotopic (exact) mass is 218 g/mol. The normalized spacial score (nSPS) is 31.4. The van der Waals surface area contributed by atoms with E-state index in [1.54, 1.807) is 0 Å². The molecular weight excluding hydrogens is 204 g/mol. The highest BCUT2D eigenvalue weighted by atomic mass is 16.5. The number of ether oxygens (including phenoxy) is 1. The Morgan fingerprint density at radius 3 is 2.94 bits per heavy atom. The van der Waals surface area contributed by atoms with Crippen LogP contribution >= 0.6 is 0 Å². The van der Waals surface area contributed by atoms with Gasteiger partial charge in [0.05, 0.1) is 12.5 Å². The molecule has 0 amide bonds. The molecule has 1 aliphatic heterocycles. The van der Waals surface area contributed by atoms with Crippen LogP contribution in [0.15, 0.2) is 24.3 Å². The van der Waals surface area contributed by atoms with Crippen molar-refractivity contribution >= 4 is 5.97 Å². The van der Waals surface area contributed by atoms with Gasteiger partial charge in [0.25, 0.3) is 0 Å². The number of carboxylic acid groups (broad SMARTS) is 1. The zero-order chi connectivity index (χ0) is 11.1. The lowest BCUT2D eigenvalue weighted by atomic mass is 9.92. The Labute approximate surface area is 94.0 Å². The zero-order valence-electron chi connectivity index (χ0n) is 8.93. The molecule has 16 heavy (non-hydrogen) atoms. The van der Waals surface area contributed by atoms with Crippen LogP contribution in [0.25, 0.3) is 0 Å². The van der Waals surface area contributed by atoms with Crippen LogP contribution < -0.4 is 4.74 Å². The molecule has 2 aliphatic rings. The van der Waals surface area contributed by atoms with Crippen molar-refractivity contribution in [3.05, 3.63) is 29.8 Å². The Kier molecular flexibility index (Phi) is 2.13. The van der Waals surface area contributed by atoms with E-state index in [0.717, 1.165) is 18.6 Å². The smallest absolute Gasteiger partial charge is 0.306 e. The van der Waals surface area contributed by atoms with Gasteiger partial charge in [-0.1, -0.05) is 18.2 Å². The molecule has 1 aliphatic carbocycles. The standard InChI is InChI=1S/C13H14O3/c14-13(15)11-6-10(11)9-5-8-3-1-2-4-12(8)16-7-9/h1-4,9-11H,5-7H2,(H,14,15). The minimum atomic E-state index is -0.649. The van der Waals surface area contributed by atoms with Gasteiger partial charge in [-0.05, 0) is 30.4 Å². The molecule has 1 saturated carbocycles. The van der Waals surface area contributed by atoms with Gasteiger partial charge in [-0.15, -0.1) is 0 Å². The van der Waals surface area contributed by atoms with Crippen LogP contribution in [0.5, 0.6) is 5.75 Å². The van der Waals surface area contributed by atoms with E-state index < -0.39 is 5.97 Å². The van der Waals surface area contributed by atoms with Crippen molar-refractivity contribution in [2.45, 2.75) is 12.8 Å². The predicted octanol–water partition coefficient (Wildman–Crippen LogP) is 1.96. The highest BCUT2D eigenvalue weighted by Gasteiger charge is 2.48. The van der Waals surface area contributed by atoms with Gasteiger partial charge < -0.3 is 9.84 Å². The minimum Gasteiger partial charge on any atom is -0.493 e. The largest absolute Gasteiger partial charge is 0.493 e. The van der Waals surface area contributed by atoms with Gasteiger partial charge in [0, 0.05) is 5.92 Å². The van der Waals surface area contributed by atoms with Crippen LogP contribution in [0.3, 0.4) is 0 Å². The van der Waals surface area contributed by atoms with Crippen molar-refractivity contribution in [3.63, 3.8) is 0 Å². The summed E-state index contributed by atoms with van der Waals surface area (Å²) in [6.07, 6.45) is 1.79. The van der Waals surface area contributed by atoms with Crippen LogP contribution in [0.4, 0.5) is 0 Å². The summed E-state index contributed by atoms with van der Waals surface area (Å²) in [6.45, 7) is 0.672. The fraction of sp³-hybridized carbons (Fsp3) is 0.462. The summed E-state index contributed by atoms with van der Waals surface area (Å²) in [5.41, 5.74) is 1.22. The number of aliphatic carboxylic acids is 1. The molecule has 3 heteroatoms. The average Bonchev–Trinajstić information content (AvgIpc) is 3.08. The molecule has 0 radical (unpaired) electrons. The van der Waals surface area contributed by atoms with Crippen molar-refractivity contribution in [2.24, 2.45) is 17.8 Å². The van der Waals surface area contributed by atoms with Gasteiger partial charge in [0.15, 0.2) is 0 Å². The second-order valence-electron chi connectivity index (χ2n) is 4.73. The van der Waals surface area contributed by atoms with Gasteiger partial charge in [-0.25, -0.2) is 0 Å². The summed E-state index contributed by atoms with van der Waals surface area (Å²) >= 11 is 0. The first-order chi connectivity index (χ1) is 7.75. The molecule has 3 nitrogen and oxygen atoms in total. The van der Waals surface area contributed by atoms with Crippen LogP contribution in [0.2, 0.25) is 0 Å². The first-order valence-electron chi connectivity index (χ1n) is 5.69. The number of rotatable bonds is 2. The Bertz CT molecular complexity index is 427. The number of fused-ring (bicyclic) bond motifs is 1. The molecule has 1 heterocycles. The van der Waals surface area contributed by atoms with E-state index in [9.17, 15) is 4.79 Å². The third kappa shape index (κ3) is 1.56. The minimum absolute atomic E-state index is 0.126. The number of hydrogen-bond acceptors (Lipinski definition) is 2. The zero-order valence-corrected chi connectivity index (χ0v) is 8.93. The van der Waals surface area contributed by atoms with Crippen molar-refractivity contribution in [1.29, 1.82) is 0 Å². The number of carboxylic acids is 1. The first-order valence-corrected chi connectivity index (χ1v) is 5.69. The van der Waals surface area contributed by atoms with E-state index in [-0.39, 0.29) is 5.92 Å². The van der Waals surface area contributed by atoms with E-state index in [1.807, 2.05) is 18.2 Å². The molecule has 84 valence electrons. The van der Waals surface area contributed by atoms with Crippen molar-refractivity contribution in [1.82, 2.24) is 0 Å². The Morgan fingerprint density at radius 2 is 2.19 bits per heavy atom. The third-order valence-corrected chi connectivity index (χ3v) is 3.67. The van der Waals surface area contributed by atoms with Gasteiger partial charge in [0.1, 0.15) is 5.75 Å². The number of hydrogen-bond donors (Lipinski definition) is 1. The molecule has 0 saturated heterocycles. The molecule has 0 aromatic heterocycles. The SMILES string of the molecule is O=C(O)C1CC1C1COc2ccccc2C1. The highest BCUT2D eigenvalue weighted by molar-refractivity contribution is 5.73. The molecule has 1 fully saturated rings. The topological polar surface area (TPSA) is 46.5 Å². The average molecular weight is 218 g/mol. The van der Waals surface area contributed by atoms with E-state index in [1.165, 1.54) is 5.56 Å². The molecule has 0 bridgehead atoms. The van der Waals surface area contributed by atoms with Crippen molar-refractivity contribution < 1.29 is 14.6 Å². The fourth-order valence-electron chi connectivity index (χ4n) is 2.65. The quantitative estimate of drug-likeness (QED) is 0.825. The van der Waals surface area contributed by atoms with Crippen LogP contribution in [0, 0.1) is 17.8 Å². The number of benzene rings is 1. The van der Waals surface area contributed by atoms with E-state index in [2.05, 4.69) is 6.07 Å². The maximum absolute atomic E-state index is 10.8. The maximum atomic E-state index is 10.8. The van der Waals surface area contributed by atoms with Crippen LogP contribution in [-0.4, -0.2) is 17.7 Å². The van der Waals surface area contributed by atoms with Gasteiger partial charge in [-0.2, -0.15) is 0 Å². The summed E-state index contributed by atoms with van der Waals surface area (Å²) in [6, 6.07) is 8.02. The molecule has 3 rings (SSSR count). The van der Waals surface area contributed by atoms with Crippen molar-refractivity contribution in [2.75, 3.05) is 6.61 Å². The number of para-hydroxylation sites is 1. The molecule has 3 atom stereocenters. The second-order valence-corrected chi connectivity index (χ2v) is 4.73. The maximum Gasteiger partial charge on any atom is 0.306 e. The Hall–Kier alpha value is -1.51. The van der Waals surface area contributed by atoms with Crippen molar-refractivity contribution in [3.8, 4) is 5.75 Å².